The molecule has 1 amide bonds. The predicted molar refractivity (Wildman–Crippen MR) is 101 cm³/mol. The molecule has 0 spiro atoms. The molecule has 0 bridgehead atoms. The highest BCUT2D eigenvalue weighted by Crippen LogP contribution is 2.31. The van der Waals surface area contributed by atoms with Crippen LogP contribution in [0.25, 0.3) is 0 Å². The molecular weight excluding hydrogens is 387 g/mol. The second kappa shape index (κ2) is 8.05. The van der Waals surface area contributed by atoms with Crippen LogP contribution in [0, 0.1) is 15.9 Å². The molecule has 9 heteroatoms. The molecule has 3 rings (SSSR count). The molecule has 1 aliphatic rings. The fourth-order valence-corrected chi connectivity index (χ4v) is 5.19. The van der Waals surface area contributed by atoms with Gasteiger partial charge in [0.15, 0.2) is 9.84 Å². The highest BCUT2D eigenvalue weighted by molar-refractivity contribution is 7.91. The van der Waals surface area contributed by atoms with Crippen molar-refractivity contribution in [2.24, 2.45) is 0 Å². The van der Waals surface area contributed by atoms with Gasteiger partial charge < -0.3 is 4.90 Å². The van der Waals surface area contributed by atoms with Gasteiger partial charge in [0.05, 0.1) is 22.3 Å². The Morgan fingerprint density at radius 1 is 1.14 bits per heavy atom. The van der Waals surface area contributed by atoms with Crippen LogP contribution >= 0.6 is 0 Å². The Balaban J connectivity index is 1.79. The summed E-state index contributed by atoms with van der Waals surface area (Å²) in [5, 5.41) is 10.1. The van der Waals surface area contributed by atoms with Crippen molar-refractivity contribution in [2.75, 3.05) is 18.8 Å². The van der Waals surface area contributed by atoms with Crippen molar-refractivity contribution < 1.29 is 22.5 Å². The normalized spacial score (nSPS) is 19.0. The van der Waals surface area contributed by atoms with Gasteiger partial charge in [0, 0.05) is 30.3 Å². The maximum atomic E-state index is 14.1. The first-order chi connectivity index (χ1) is 13.3. The van der Waals surface area contributed by atoms with E-state index in [4.69, 9.17) is 0 Å². The van der Waals surface area contributed by atoms with E-state index in [1.54, 1.807) is 12.1 Å². The summed E-state index contributed by atoms with van der Waals surface area (Å²) >= 11 is 0. The number of hydrogen-bond donors (Lipinski definition) is 0. The molecule has 2 aromatic rings. The largest absolute Gasteiger partial charge is 0.341 e. The van der Waals surface area contributed by atoms with Crippen molar-refractivity contribution in [1.29, 1.82) is 0 Å². The maximum Gasteiger partial charge on any atom is 0.273 e. The predicted octanol–water partition coefficient (Wildman–Crippen LogP) is 2.66. The van der Waals surface area contributed by atoms with Crippen LogP contribution < -0.4 is 0 Å². The van der Waals surface area contributed by atoms with E-state index in [9.17, 15) is 27.7 Å². The van der Waals surface area contributed by atoms with Crippen molar-refractivity contribution in [3.63, 3.8) is 0 Å². The minimum absolute atomic E-state index is 0.0211. The van der Waals surface area contributed by atoms with Crippen LogP contribution in [0.1, 0.15) is 22.8 Å². The fraction of sp³-hybridized carbons (Fsp3) is 0.316. The lowest BCUT2D eigenvalue weighted by Crippen LogP contribution is -2.34. The Kier molecular flexibility index (Phi) is 5.73. The lowest BCUT2D eigenvalue weighted by atomic mass is 10.1. The van der Waals surface area contributed by atoms with Gasteiger partial charge in [-0.3, -0.25) is 14.9 Å². The van der Waals surface area contributed by atoms with E-state index in [-0.39, 0.29) is 48.5 Å². The fourth-order valence-electron chi connectivity index (χ4n) is 3.39. The highest BCUT2D eigenvalue weighted by atomic mass is 32.2. The molecule has 1 aliphatic heterocycles. The molecule has 1 saturated heterocycles. The number of nitro benzene ring substituents is 1. The number of hydrogen-bond acceptors (Lipinski definition) is 5. The summed E-state index contributed by atoms with van der Waals surface area (Å²) in [6.07, 6.45) is -0.118. The first-order valence-corrected chi connectivity index (χ1v) is 10.5. The van der Waals surface area contributed by atoms with Crippen LogP contribution in [0.2, 0.25) is 0 Å². The maximum absolute atomic E-state index is 14.1. The Morgan fingerprint density at radius 3 is 2.54 bits per heavy atom. The number of carbonyl (C=O) groups is 1. The summed E-state index contributed by atoms with van der Waals surface area (Å²) in [5.74, 6) is -1.26. The Morgan fingerprint density at radius 2 is 1.82 bits per heavy atom. The third kappa shape index (κ3) is 4.19. The number of nitrogens with zero attached hydrogens (tertiary/aromatic N) is 2. The van der Waals surface area contributed by atoms with Gasteiger partial charge in [-0.1, -0.05) is 36.4 Å². The third-order valence-corrected chi connectivity index (χ3v) is 6.98. The summed E-state index contributed by atoms with van der Waals surface area (Å²) in [5.41, 5.74) is 0.230. The molecule has 0 N–H and O–H groups in total. The van der Waals surface area contributed by atoms with Crippen molar-refractivity contribution in [3.05, 3.63) is 75.6 Å². The Hall–Kier alpha value is -2.81. The molecule has 1 heterocycles. The standard InChI is InChI=1S/C19H19FN2O5S/c20-16-7-3-2-6-15(16)18-9-10-21(11-12-28(18,26)27)19(23)13-14-5-1-4-8-17(14)22(24)25/h1-8,18H,9-13H2. The molecule has 0 radical (unpaired) electrons. The van der Waals surface area contributed by atoms with Gasteiger partial charge in [-0.05, 0) is 12.5 Å². The quantitative estimate of drug-likeness (QED) is 0.574. The van der Waals surface area contributed by atoms with E-state index >= 15 is 0 Å². The van der Waals surface area contributed by atoms with E-state index < -0.39 is 31.7 Å². The van der Waals surface area contributed by atoms with Crippen LogP contribution in [-0.2, 0) is 21.1 Å². The van der Waals surface area contributed by atoms with E-state index in [0.717, 1.165) is 0 Å². The second-order valence-corrected chi connectivity index (χ2v) is 8.91. The lowest BCUT2D eigenvalue weighted by molar-refractivity contribution is -0.385. The average molecular weight is 406 g/mol. The average Bonchev–Trinajstić information content (AvgIpc) is 2.80. The van der Waals surface area contributed by atoms with Gasteiger partial charge in [0.25, 0.3) is 5.69 Å². The molecule has 7 nitrogen and oxygen atoms in total. The molecule has 0 saturated carbocycles. The molecule has 1 atom stereocenters. The molecule has 0 aromatic heterocycles. The Labute approximate surface area is 161 Å². The SMILES string of the molecule is O=C(Cc1ccccc1[N+](=O)[O-])N1CCC(c2ccccc2F)S(=O)(=O)CC1. The zero-order valence-corrected chi connectivity index (χ0v) is 15.8. The van der Waals surface area contributed by atoms with E-state index in [0.29, 0.717) is 0 Å². The molecular formula is C19H19FN2O5S. The van der Waals surface area contributed by atoms with Gasteiger partial charge in [-0.25, -0.2) is 12.8 Å². The molecule has 1 fully saturated rings. The summed E-state index contributed by atoms with van der Waals surface area (Å²) in [7, 11) is -3.64. The first kappa shape index (κ1) is 19.9. The minimum atomic E-state index is -3.64. The number of sulfone groups is 1. The van der Waals surface area contributed by atoms with Crippen LogP contribution in [0.3, 0.4) is 0 Å². The van der Waals surface area contributed by atoms with Crippen LogP contribution in [0.4, 0.5) is 10.1 Å². The van der Waals surface area contributed by atoms with Crippen molar-refractivity contribution in [1.82, 2.24) is 4.90 Å². The number of carbonyl (C=O) groups excluding carboxylic acids is 1. The van der Waals surface area contributed by atoms with Crippen molar-refractivity contribution in [2.45, 2.75) is 18.1 Å². The summed E-state index contributed by atoms with van der Waals surface area (Å²) in [6.45, 7) is 0.116. The van der Waals surface area contributed by atoms with Gasteiger partial charge in [-0.15, -0.1) is 0 Å². The molecule has 0 aliphatic carbocycles. The van der Waals surface area contributed by atoms with Gasteiger partial charge in [0.2, 0.25) is 5.91 Å². The van der Waals surface area contributed by atoms with E-state index in [1.165, 1.54) is 41.3 Å². The molecule has 2 aromatic carbocycles. The third-order valence-electron chi connectivity index (χ3n) is 4.88. The first-order valence-electron chi connectivity index (χ1n) is 8.75. The smallest absolute Gasteiger partial charge is 0.273 e. The van der Waals surface area contributed by atoms with Crippen molar-refractivity contribution in [3.8, 4) is 0 Å². The van der Waals surface area contributed by atoms with Gasteiger partial charge >= 0.3 is 0 Å². The molecule has 1 unspecified atom stereocenters. The minimum Gasteiger partial charge on any atom is -0.341 e. The summed E-state index contributed by atoms with van der Waals surface area (Å²) in [4.78, 5) is 24.6. The van der Waals surface area contributed by atoms with Crippen LogP contribution in [0.15, 0.2) is 48.5 Å². The topological polar surface area (TPSA) is 97.6 Å². The van der Waals surface area contributed by atoms with Crippen LogP contribution in [-0.4, -0.2) is 43.0 Å². The number of rotatable bonds is 4. The van der Waals surface area contributed by atoms with Gasteiger partial charge in [0.1, 0.15) is 5.82 Å². The highest BCUT2D eigenvalue weighted by Gasteiger charge is 2.34. The number of halogens is 1. The van der Waals surface area contributed by atoms with Crippen molar-refractivity contribution >= 4 is 21.4 Å². The van der Waals surface area contributed by atoms with E-state index in [1.807, 2.05) is 0 Å². The Bertz CT molecular complexity index is 1010. The molecule has 148 valence electrons. The summed E-state index contributed by atoms with van der Waals surface area (Å²) < 4.78 is 39.4. The number of nitro groups is 1. The van der Waals surface area contributed by atoms with Gasteiger partial charge in [-0.2, -0.15) is 0 Å². The molecule has 28 heavy (non-hydrogen) atoms. The lowest BCUT2D eigenvalue weighted by Gasteiger charge is -2.20. The number of benzene rings is 2. The van der Waals surface area contributed by atoms with E-state index in [2.05, 4.69) is 0 Å². The second-order valence-electron chi connectivity index (χ2n) is 6.61. The van der Waals surface area contributed by atoms with Crippen LogP contribution in [0.5, 0.6) is 0 Å². The number of amides is 1. The summed E-state index contributed by atoms with van der Waals surface area (Å²) in [6, 6.07) is 11.7. The number of para-hydroxylation sites is 1. The zero-order valence-electron chi connectivity index (χ0n) is 15.0. The zero-order chi connectivity index (χ0) is 20.3. The monoisotopic (exact) mass is 406 g/mol.